The minimum atomic E-state index is -1.07. The smallest absolute Gasteiger partial charge is 0.404 e. The van der Waals surface area contributed by atoms with Gasteiger partial charge in [-0.1, -0.05) is 20.3 Å². The maximum absolute atomic E-state index is 10.3. The average Bonchev–Trinajstić information content (AvgIpc) is 2.01. The fourth-order valence-electron chi connectivity index (χ4n) is 1.11. The van der Waals surface area contributed by atoms with Crippen molar-refractivity contribution in [2.45, 2.75) is 45.3 Å². The molecule has 0 aromatic rings. The van der Waals surface area contributed by atoms with Gasteiger partial charge in [-0.3, -0.25) is 0 Å². The van der Waals surface area contributed by atoms with Crippen molar-refractivity contribution in [3.63, 3.8) is 0 Å². The van der Waals surface area contributed by atoms with E-state index < -0.39 is 12.2 Å². The van der Waals surface area contributed by atoms with Crippen LogP contribution < -0.4 is 5.32 Å². The Labute approximate surface area is 72.6 Å². The molecule has 0 aliphatic heterocycles. The first-order valence-corrected chi connectivity index (χ1v) is 4.29. The van der Waals surface area contributed by atoms with Crippen LogP contribution in [0, 0.1) is 0 Å². The van der Waals surface area contributed by atoms with Crippen molar-refractivity contribution in [1.29, 1.82) is 0 Å². The van der Waals surface area contributed by atoms with E-state index in [2.05, 4.69) is 5.32 Å². The molecule has 0 bridgehead atoms. The van der Waals surface area contributed by atoms with Gasteiger partial charge in [0, 0.05) is 0 Å². The fraction of sp³-hybridized carbons (Fsp3) is 0.875. The summed E-state index contributed by atoms with van der Waals surface area (Å²) >= 11 is 0. The summed E-state index contributed by atoms with van der Waals surface area (Å²) in [6.45, 7) is 3.79. The van der Waals surface area contributed by atoms with Crippen LogP contribution in [0.4, 0.5) is 4.79 Å². The molecular formula is C8H17NO3. The number of nitrogens with one attached hydrogen (secondary N) is 1. The summed E-state index contributed by atoms with van der Waals surface area (Å²) in [5.74, 6) is 0. The van der Waals surface area contributed by atoms with E-state index in [1.54, 1.807) is 0 Å². The van der Waals surface area contributed by atoms with Crippen LogP contribution in [0.3, 0.4) is 0 Å². The Kier molecular flexibility index (Phi) is 5.45. The predicted octanol–water partition coefficient (Wildman–Crippen LogP) is 1.19. The van der Waals surface area contributed by atoms with Crippen LogP contribution in [0.5, 0.6) is 0 Å². The maximum atomic E-state index is 10.3. The highest BCUT2D eigenvalue weighted by atomic mass is 16.4. The molecular weight excluding hydrogens is 158 g/mol. The van der Waals surface area contributed by atoms with E-state index in [0.29, 0.717) is 12.8 Å². The lowest BCUT2D eigenvalue weighted by Crippen LogP contribution is -2.42. The monoisotopic (exact) mass is 175 g/mol. The molecule has 0 aromatic carbocycles. The van der Waals surface area contributed by atoms with E-state index in [1.165, 1.54) is 0 Å². The molecule has 0 saturated heterocycles. The molecule has 3 N–H and O–H groups in total. The summed E-state index contributed by atoms with van der Waals surface area (Å²) in [5.41, 5.74) is 0. The topological polar surface area (TPSA) is 69.6 Å². The molecule has 0 aliphatic rings. The summed E-state index contributed by atoms with van der Waals surface area (Å²) in [4.78, 5) is 10.3. The van der Waals surface area contributed by atoms with Gasteiger partial charge in [0.1, 0.15) is 0 Å². The van der Waals surface area contributed by atoms with E-state index in [9.17, 15) is 9.90 Å². The molecule has 1 amide bonds. The van der Waals surface area contributed by atoms with Crippen molar-refractivity contribution in [1.82, 2.24) is 5.32 Å². The summed E-state index contributed by atoms with van der Waals surface area (Å²) < 4.78 is 0. The molecule has 0 fully saturated rings. The van der Waals surface area contributed by atoms with E-state index in [0.717, 1.165) is 6.42 Å². The summed E-state index contributed by atoms with van der Waals surface area (Å²) in [6.07, 6.45) is 0.482. The molecule has 4 nitrogen and oxygen atoms in total. The second-order valence-electron chi connectivity index (χ2n) is 2.82. The number of hydrogen-bond acceptors (Lipinski definition) is 2. The second-order valence-corrected chi connectivity index (χ2v) is 2.82. The number of rotatable bonds is 5. The summed E-state index contributed by atoms with van der Waals surface area (Å²) in [7, 11) is 0. The molecule has 4 heteroatoms. The highest BCUT2D eigenvalue weighted by Gasteiger charge is 2.17. The summed E-state index contributed by atoms with van der Waals surface area (Å²) in [5, 5.41) is 20.1. The Balaban J connectivity index is 3.93. The Morgan fingerprint density at radius 3 is 2.42 bits per heavy atom. The van der Waals surface area contributed by atoms with Crippen molar-refractivity contribution in [3.8, 4) is 0 Å². The van der Waals surface area contributed by atoms with E-state index in [4.69, 9.17) is 5.11 Å². The molecule has 0 spiro atoms. The predicted molar refractivity (Wildman–Crippen MR) is 46.2 cm³/mol. The van der Waals surface area contributed by atoms with Crippen LogP contribution in [0.1, 0.15) is 33.1 Å². The lowest BCUT2D eigenvalue weighted by Gasteiger charge is -2.20. The Hall–Kier alpha value is -0.770. The minimum Gasteiger partial charge on any atom is -0.465 e. The number of hydrogen-bond donors (Lipinski definition) is 3. The number of amides is 1. The number of carbonyl (C=O) groups is 1. The standard InChI is InChI=1S/C8H17NO3/c1-3-5-6(7(10)4-2)9-8(11)12/h6-7,9-10H,3-5H2,1-2H3,(H,11,12). The largest absolute Gasteiger partial charge is 0.465 e. The van der Waals surface area contributed by atoms with Gasteiger partial charge in [-0.05, 0) is 12.8 Å². The first kappa shape index (κ1) is 11.2. The third-order valence-electron chi connectivity index (χ3n) is 1.79. The molecule has 0 aromatic heterocycles. The van der Waals surface area contributed by atoms with Crippen molar-refractivity contribution in [3.05, 3.63) is 0 Å². The summed E-state index contributed by atoms with van der Waals surface area (Å²) in [6, 6.07) is -0.322. The maximum Gasteiger partial charge on any atom is 0.404 e. The zero-order chi connectivity index (χ0) is 9.56. The van der Waals surface area contributed by atoms with Crippen LogP contribution in [0.2, 0.25) is 0 Å². The van der Waals surface area contributed by atoms with Gasteiger partial charge in [0.15, 0.2) is 0 Å². The van der Waals surface area contributed by atoms with Gasteiger partial charge in [0.2, 0.25) is 0 Å². The molecule has 2 unspecified atom stereocenters. The van der Waals surface area contributed by atoms with Gasteiger partial charge in [-0.15, -0.1) is 0 Å². The molecule has 72 valence electrons. The quantitative estimate of drug-likeness (QED) is 0.588. The number of aliphatic hydroxyl groups excluding tert-OH is 1. The van der Waals surface area contributed by atoms with Gasteiger partial charge < -0.3 is 15.5 Å². The molecule has 0 aliphatic carbocycles. The van der Waals surface area contributed by atoms with Gasteiger partial charge in [-0.2, -0.15) is 0 Å². The van der Waals surface area contributed by atoms with Crippen molar-refractivity contribution >= 4 is 6.09 Å². The van der Waals surface area contributed by atoms with Crippen molar-refractivity contribution in [2.24, 2.45) is 0 Å². The first-order valence-electron chi connectivity index (χ1n) is 4.29. The fourth-order valence-corrected chi connectivity index (χ4v) is 1.11. The molecule has 2 atom stereocenters. The minimum absolute atomic E-state index is 0.322. The van der Waals surface area contributed by atoms with Crippen LogP contribution in [-0.4, -0.2) is 28.5 Å². The molecule has 0 saturated carbocycles. The highest BCUT2D eigenvalue weighted by molar-refractivity contribution is 5.64. The van der Waals surface area contributed by atoms with Gasteiger partial charge in [-0.25, -0.2) is 4.79 Å². The van der Waals surface area contributed by atoms with Crippen LogP contribution in [-0.2, 0) is 0 Å². The molecule has 0 radical (unpaired) electrons. The number of aliphatic hydroxyl groups is 1. The Morgan fingerprint density at radius 2 is 2.08 bits per heavy atom. The number of carboxylic acid groups (broad SMARTS) is 1. The van der Waals surface area contributed by atoms with Gasteiger partial charge >= 0.3 is 6.09 Å². The lowest BCUT2D eigenvalue weighted by atomic mass is 10.0. The zero-order valence-corrected chi connectivity index (χ0v) is 7.58. The SMILES string of the molecule is CCCC(NC(=O)O)C(O)CC. The van der Waals surface area contributed by atoms with Crippen LogP contribution >= 0.6 is 0 Å². The molecule has 0 rings (SSSR count). The average molecular weight is 175 g/mol. The molecule has 12 heavy (non-hydrogen) atoms. The van der Waals surface area contributed by atoms with E-state index in [1.807, 2.05) is 13.8 Å². The van der Waals surface area contributed by atoms with Crippen LogP contribution in [0.15, 0.2) is 0 Å². The van der Waals surface area contributed by atoms with Crippen LogP contribution in [0.25, 0.3) is 0 Å². The van der Waals surface area contributed by atoms with E-state index >= 15 is 0 Å². The normalized spacial score (nSPS) is 15.2. The van der Waals surface area contributed by atoms with Gasteiger partial charge in [0.05, 0.1) is 12.1 Å². The third kappa shape index (κ3) is 4.18. The lowest BCUT2D eigenvalue weighted by molar-refractivity contribution is 0.112. The first-order chi connectivity index (χ1) is 5.61. The van der Waals surface area contributed by atoms with Crippen molar-refractivity contribution in [2.75, 3.05) is 0 Å². The zero-order valence-electron chi connectivity index (χ0n) is 7.58. The van der Waals surface area contributed by atoms with Gasteiger partial charge in [0.25, 0.3) is 0 Å². The highest BCUT2D eigenvalue weighted by Crippen LogP contribution is 2.05. The third-order valence-corrected chi connectivity index (χ3v) is 1.79. The molecule has 0 heterocycles. The Morgan fingerprint density at radius 1 is 1.50 bits per heavy atom. The van der Waals surface area contributed by atoms with Crippen molar-refractivity contribution < 1.29 is 15.0 Å². The Bertz CT molecular complexity index is 138. The second kappa shape index (κ2) is 5.83. The van der Waals surface area contributed by atoms with E-state index in [-0.39, 0.29) is 6.04 Å².